The highest BCUT2D eigenvalue weighted by Crippen LogP contribution is 2.32. The van der Waals surface area contributed by atoms with Crippen molar-refractivity contribution >= 4 is 22.4 Å². The Bertz CT molecular complexity index is 550. The van der Waals surface area contributed by atoms with Gasteiger partial charge in [-0.1, -0.05) is 24.3 Å². The number of nitrogen functional groups attached to an aromatic ring is 1. The summed E-state index contributed by atoms with van der Waals surface area (Å²) in [5.41, 5.74) is 11.3. The zero-order valence-corrected chi connectivity index (χ0v) is 7.90. The van der Waals surface area contributed by atoms with Crippen molar-refractivity contribution in [1.29, 1.82) is 0 Å². The predicted molar refractivity (Wildman–Crippen MR) is 58.5 cm³/mol. The Balaban J connectivity index is 2.90. The second-order valence-electron chi connectivity index (χ2n) is 3.27. The second-order valence-corrected chi connectivity index (χ2v) is 3.27. The maximum absolute atomic E-state index is 11.0. The number of nitrogens with two attached hydrogens (primary N) is 2. The van der Waals surface area contributed by atoms with Crippen LogP contribution < -0.4 is 11.5 Å². The van der Waals surface area contributed by atoms with E-state index in [1.54, 1.807) is 18.2 Å². The van der Waals surface area contributed by atoms with Crippen LogP contribution in [0.15, 0.2) is 30.3 Å². The summed E-state index contributed by atoms with van der Waals surface area (Å²) < 4.78 is 0. The molecule has 4 nitrogen and oxygen atoms in total. The van der Waals surface area contributed by atoms with Gasteiger partial charge in [0.05, 0.1) is 5.56 Å². The first-order chi connectivity index (χ1) is 7.11. The van der Waals surface area contributed by atoms with E-state index in [0.717, 1.165) is 0 Å². The molecule has 0 unspecified atom stereocenters. The van der Waals surface area contributed by atoms with Crippen molar-refractivity contribution < 1.29 is 9.90 Å². The number of aromatic hydroxyl groups is 1. The van der Waals surface area contributed by atoms with E-state index in [0.29, 0.717) is 16.5 Å². The molecular weight excluding hydrogens is 192 g/mol. The number of carbonyl (C=O) groups excluding carboxylic acids is 1. The van der Waals surface area contributed by atoms with Crippen LogP contribution in [0.4, 0.5) is 5.69 Å². The van der Waals surface area contributed by atoms with E-state index in [4.69, 9.17) is 11.5 Å². The number of hydrogen-bond acceptors (Lipinski definition) is 3. The molecule has 0 saturated carbocycles. The standard InChI is InChI=1S/C11H10N2O2/c12-9-5-8(11(13)15)10(14)7-4-2-1-3-6(7)9/h1-5,14H,12H2,(H2,13,15). The molecule has 2 aromatic rings. The van der Waals surface area contributed by atoms with Gasteiger partial charge in [-0.2, -0.15) is 0 Å². The number of carbonyl (C=O) groups is 1. The second kappa shape index (κ2) is 3.16. The Labute approximate surface area is 86.1 Å². The van der Waals surface area contributed by atoms with Crippen LogP contribution >= 0.6 is 0 Å². The molecule has 1 amide bonds. The molecule has 15 heavy (non-hydrogen) atoms. The van der Waals surface area contributed by atoms with Gasteiger partial charge in [-0.05, 0) is 6.07 Å². The molecule has 0 aliphatic rings. The molecule has 2 aromatic carbocycles. The summed E-state index contributed by atoms with van der Waals surface area (Å²) in [4.78, 5) is 11.0. The minimum atomic E-state index is -0.690. The van der Waals surface area contributed by atoms with Gasteiger partial charge in [0.1, 0.15) is 5.75 Å². The summed E-state index contributed by atoms with van der Waals surface area (Å²) >= 11 is 0. The lowest BCUT2D eigenvalue weighted by atomic mass is 10.0. The third-order valence-corrected chi connectivity index (χ3v) is 2.31. The lowest BCUT2D eigenvalue weighted by Gasteiger charge is -2.07. The van der Waals surface area contributed by atoms with Crippen LogP contribution in [0.5, 0.6) is 5.75 Å². The lowest BCUT2D eigenvalue weighted by Crippen LogP contribution is -2.11. The molecule has 0 aliphatic carbocycles. The Hall–Kier alpha value is -2.23. The topological polar surface area (TPSA) is 89.3 Å². The van der Waals surface area contributed by atoms with Gasteiger partial charge in [-0.25, -0.2) is 0 Å². The Morgan fingerprint density at radius 2 is 1.80 bits per heavy atom. The molecule has 4 heteroatoms. The van der Waals surface area contributed by atoms with Crippen molar-refractivity contribution in [3.05, 3.63) is 35.9 Å². The molecule has 0 radical (unpaired) electrons. The normalized spacial score (nSPS) is 10.4. The minimum absolute atomic E-state index is 0.0474. The summed E-state index contributed by atoms with van der Waals surface area (Å²) in [6.45, 7) is 0. The molecule has 0 fully saturated rings. The number of anilines is 1. The molecule has 2 rings (SSSR count). The number of fused-ring (bicyclic) bond motifs is 1. The number of phenols is 1. The maximum Gasteiger partial charge on any atom is 0.252 e. The van der Waals surface area contributed by atoms with Gasteiger partial charge in [0.2, 0.25) is 0 Å². The average molecular weight is 202 g/mol. The number of hydrogen-bond donors (Lipinski definition) is 3. The number of primary amides is 1. The molecule has 0 atom stereocenters. The smallest absolute Gasteiger partial charge is 0.252 e. The first-order valence-electron chi connectivity index (χ1n) is 4.41. The van der Waals surface area contributed by atoms with E-state index in [9.17, 15) is 9.90 Å². The van der Waals surface area contributed by atoms with E-state index in [2.05, 4.69) is 0 Å². The predicted octanol–water partition coefficient (Wildman–Crippen LogP) is 1.23. The molecule has 0 bridgehead atoms. The minimum Gasteiger partial charge on any atom is -0.506 e. The van der Waals surface area contributed by atoms with Gasteiger partial charge in [0.25, 0.3) is 5.91 Å². The van der Waals surface area contributed by atoms with Gasteiger partial charge >= 0.3 is 0 Å². The van der Waals surface area contributed by atoms with Gasteiger partial charge in [-0.3, -0.25) is 4.79 Å². The van der Waals surface area contributed by atoms with Crippen LogP contribution in [-0.4, -0.2) is 11.0 Å². The molecule has 0 aliphatic heterocycles. The van der Waals surface area contributed by atoms with E-state index >= 15 is 0 Å². The van der Waals surface area contributed by atoms with E-state index in [1.165, 1.54) is 6.07 Å². The summed E-state index contributed by atoms with van der Waals surface area (Å²) in [5, 5.41) is 11.0. The number of amides is 1. The van der Waals surface area contributed by atoms with Crippen molar-refractivity contribution in [3.63, 3.8) is 0 Å². The number of benzene rings is 2. The summed E-state index contributed by atoms with van der Waals surface area (Å²) in [6, 6.07) is 8.41. The van der Waals surface area contributed by atoms with Crippen molar-refractivity contribution in [1.82, 2.24) is 0 Å². The van der Waals surface area contributed by atoms with Gasteiger partial charge in [0.15, 0.2) is 0 Å². The fourth-order valence-electron chi connectivity index (χ4n) is 1.58. The van der Waals surface area contributed by atoms with E-state index < -0.39 is 5.91 Å². The van der Waals surface area contributed by atoms with Crippen LogP contribution in [0.25, 0.3) is 10.8 Å². The van der Waals surface area contributed by atoms with E-state index in [-0.39, 0.29) is 11.3 Å². The first kappa shape index (κ1) is 9.33. The van der Waals surface area contributed by atoms with Crippen LogP contribution in [0.1, 0.15) is 10.4 Å². The van der Waals surface area contributed by atoms with Crippen LogP contribution in [0.3, 0.4) is 0 Å². The molecular formula is C11H10N2O2. The Morgan fingerprint density at radius 1 is 1.20 bits per heavy atom. The van der Waals surface area contributed by atoms with Gasteiger partial charge in [0, 0.05) is 16.5 Å². The highest BCUT2D eigenvalue weighted by Gasteiger charge is 2.12. The van der Waals surface area contributed by atoms with Crippen molar-refractivity contribution in [2.24, 2.45) is 5.73 Å². The van der Waals surface area contributed by atoms with Crippen molar-refractivity contribution in [2.75, 3.05) is 5.73 Å². The fourth-order valence-corrected chi connectivity index (χ4v) is 1.58. The average Bonchev–Trinajstić information content (AvgIpc) is 2.23. The van der Waals surface area contributed by atoms with E-state index in [1.807, 2.05) is 6.07 Å². The highest BCUT2D eigenvalue weighted by molar-refractivity contribution is 6.07. The van der Waals surface area contributed by atoms with Crippen molar-refractivity contribution in [2.45, 2.75) is 0 Å². The SMILES string of the molecule is NC(=O)c1cc(N)c2ccccc2c1O. The van der Waals surface area contributed by atoms with Crippen LogP contribution in [-0.2, 0) is 0 Å². The van der Waals surface area contributed by atoms with Gasteiger partial charge in [-0.15, -0.1) is 0 Å². The monoisotopic (exact) mass is 202 g/mol. The molecule has 0 aromatic heterocycles. The third-order valence-electron chi connectivity index (χ3n) is 2.31. The molecule has 5 N–H and O–H groups in total. The summed E-state index contributed by atoms with van der Waals surface area (Å²) in [5.74, 6) is -0.808. The largest absolute Gasteiger partial charge is 0.506 e. The zero-order valence-electron chi connectivity index (χ0n) is 7.90. The lowest BCUT2D eigenvalue weighted by molar-refractivity contribution is 0.0998. The molecule has 0 saturated heterocycles. The molecule has 76 valence electrons. The maximum atomic E-state index is 11.0. The van der Waals surface area contributed by atoms with Crippen molar-refractivity contribution in [3.8, 4) is 5.75 Å². The Kier molecular flexibility index (Phi) is 1.97. The summed E-state index contributed by atoms with van der Waals surface area (Å²) in [7, 11) is 0. The van der Waals surface area contributed by atoms with Crippen LogP contribution in [0, 0.1) is 0 Å². The third kappa shape index (κ3) is 1.36. The molecule has 0 heterocycles. The first-order valence-corrected chi connectivity index (χ1v) is 4.41. The molecule has 0 spiro atoms. The number of rotatable bonds is 1. The van der Waals surface area contributed by atoms with Crippen LogP contribution in [0.2, 0.25) is 0 Å². The zero-order chi connectivity index (χ0) is 11.0. The quantitative estimate of drug-likeness (QED) is 0.480. The van der Waals surface area contributed by atoms with Gasteiger partial charge < -0.3 is 16.6 Å². The fraction of sp³-hybridized carbons (Fsp3) is 0. The highest BCUT2D eigenvalue weighted by atomic mass is 16.3. The summed E-state index contributed by atoms with van der Waals surface area (Å²) in [6.07, 6.45) is 0. The Morgan fingerprint density at radius 3 is 2.40 bits per heavy atom.